The Morgan fingerprint density at radius 3 is 2.76 bits per heavy atom. The van der Waals surface area contributed by atoms with Gasteiger partial charge in [0.2, 0.25) is 0 Å². The normalized spacial score (nSPS) is 26.9. The van der Waals surface area contributed by atoms with E-state index in [1.54, 1.807) is 13.1 Å². The van der Waals surface area contributed by atoms with Gasteiger partial charge >= 0.3 is 0 Å². The molecular formula is C13H20N2O2. The zero-order valence-corrected chi connectivity index (χ0v) is 10.4. The molecule has 4 heteroatoms. The van der Waals surface area contributed by atoms with Crippen LogP contribution in [0.1, 0.15) is 31.9 Å². The van der Waals surface area contributed by atoms with Crippen LogP contribution in [0.2, 0.25) is 0 Å². The fourth-order valence-corrected chi connectivity index (χ4v) is 2.09. The molecular weight excluding hydrogens is 216 g/mol. The van der Waals surface area contributed by atoms with Crippen molar-refractivity contribution in [3.63, 3.8) is 0 Å². The first kappa shape index (κ1) is 12.3. The van der Waals surface area contributed by atoms with Crippen LogP contribution in [0.15, 0.2) is 18.3 Å². The summed E-state index contributed by atoms with van der Waals surface area (Å²) < 4.78 is 0. The van der Waals surface area contributed by atoms with Gasteiger partial charge in [0, 0.05) is 19.3 Å². The summed E-state index contributed by atoms with van der Waals surface area (Å²) in [5.74, 6) is 1.24. The van der Waals surface area contributed by atoms with Crippen LogP contribution in [0, 0.1) is 5.92 Å². The molecule has 0 radical (unpaired) electrons. The Bertz CT molecular complexity index is 364. The van der Waals surface area contributed by atoms with Crippen molar-refractivity contribution in [3.05, 3.63) is 23.9 Å². The van der Waals surface area contributed by atoms with Crippen molar-refractivity contribution in [1.82, 2.24) is 4.98 Å². The zero-order valence-electron chi connectivity index (χ0n) is 10.4. The highest BCUT2D eigenvalue weighted by atomic mass is 16.3. The summed E-state index contributed by atoms with van der Waals surface area (Å²) in [6.07, 6.45) is 1.93. The predicted molar refractivity (Wildman–Crippen MR) is 66.9 cm³/mol. The van der Waals surface area contributed by atoms with E-state index in [2.05, 4.69) is 16.8 Å². The molecule has 0 spiro atoms. The molecule has 0 saturated carbocycles. The molecule has 3 atom stereocenters. The van der Waals surface area contributed by atoms with E-state index in [-0.39, 0.29) is 6.10 Å². The van der Waals surface area contributed by atoms with Gasteiger partial charge in [0.15, 0.2) is 0 Å². The number of aromatic nitrogens is 1. The van der Waals surface area contributed by atoms with E-state index in [9.17, 15) is 10.2 Å². The first-order chi connectivity index (χ1) is 8.08. The van der Waals surface area contributed by atoms with E-state index in [1.165, 1.54) is 0 Å². The van der Waals surface area contributed by atoms with E-state index in [1.807, 2.05) is 12.1 Å². The van der Waals surface area contributed by atoms with Gasteiger partial charge in [0.05, 0.1) is 12.2 Å². The van der Waals surface area contributed by atoms with Gasteiger partial charge in [-0.25, -0.2) is 4.98 Å². The van der Waals surface area contributed by atoms with Crippen molar-refractivity contribution in [2.24, 2.45) is 5.92 Å². The lowest BCUT2D eigenvalue weighted by Crippen LogP contribution is -2.43. The third kappa shape index (κ3) is 2.76. The van der Waals surface area contributed by atoms with Gasteiger partial charge in [0.25, 0.3) is 0 Å². The minimum Gasteiger partial charge on any atom is -0.391 e. The second-order valence-corrected chi connectivity index (χ2v) is 4.91. The average molecular weight is 236 g/mol. The van der Waals surface area contributed by atoms with E-state index in [0.717, 1.165) is 24.3 Å². The van der Waals surface area contributed by atoms with Gasteiger partial charge in [-0.05, 0) is 30.9 Å². The molecule has 94 valence electrons. The van der Waals surface area contributed by atoms with E-state index < -0.39 is 6.10 Å². The third-order valence-corrected chi connectivity index (χ3v) is 3.50. The number of rotatable bonds is 2. The van der Waals surface area contributed by atoms with E-state index in [4.69, 9.17) is 0 Å². The van der Waals surface area contributed by atoms with Crippen LogP contribution < -0.4 is 4.90 Å². The van der Waals surface area contributed by atoms with Crippen LogP contribution in [0.3, 0.4) is 0 Å². The maximum Gasteiger partial charge on any atom is 0.128 e. The SMILES string of the molecule is CC1CCN(c2ccc([C@@H](C)O)cn2)CC1O. The number of aliphatic hydroxyl groups excluding tert-OH is 2. The monoisotopic (exact) mass is 236 g/mol. The minimum absolute atomic E-state index is 0.276. The first-order valence-corrected chi connectivity index (χ1v) is 6.15. The molecule has 2 unspecified atom stereocenters. The summed E-state index contributed by atoms with van der Waals surface area (Å²) in [7, 11) is 0. The quantitative estimate of drug-likeness (QED) is 0.813. The maximum atomic E-state index is 9.84. The molecule has 0 aromatic carbocycles. The van der Waals surface area contributed by atoms with Gasteiger partial charge in [-0.1, -0.05) is 13.0 Å². The van der Waals surface area contributed by atoms with Gasteiger partial charge in [-0.2, -0.15) is 0 Å². The number of hydrogen-bond donors (Lipinski definition) is 2. The number of pyridine rings is 1. The zero-order chi connectivity index (χ0) is 12.4. The molecule has 2 N–H and O–H groups in total. The fraction of sp³-hybridized carbons (Fsp3) is 0.615. The molecule has 0 aliphatic carbocycles. The second-order valence-electron chi connectivity index (χ2n) is 4.91. The molecule has 1 aromatic rings. The van der Waals surface area contributed by atoms with Crippen molar-refractivity contribution in [2.45, 2.75) is 32.5 Å². The summed E-state index contributed by atoms with van der Waals surface area (Å²) in [5, 5.41) is 19.3. The Labute approximate surface area is 102 Å². The Kier molecular flexibility index (Phi) is 3.64. The lowest BCUT2D eigenvalue weighted by atomic mass is 9.96. The highest BCUT2D eigenvalue weighted by Crippen LogP contribution is 2.22. The number of β-amino-alcohol motifs (C(OH)–C–C–N with tert-alkyl or cyclic N) is 1. The Balaban J connectivity index is 2.07. The molecule has 1 aliphatic heterocycles. The molecule has 1 saturated heterocycles. The van der Waals surface area contributed by atoms with Crippen molar-refractivity contribution in [1.29, 1.82) is 0 Å². The van der Waals surface area contributed by atoms with Crippen molar-refractivity contribution in [3.8, 4) is 0 Å². The highest BCUT2D eigenvalue weighted by Gasteiger charge is 2.24. The van der Waals surface area contributed by atoms with Crippen molar-refractivity contribution in [2.75, 3.05) is 18.0 Å². The highest BCUT2D eigenvalue weighted by molar-refractivity contribution is 5.40. The molecule has 0 amide bonds. The lowest BCUT2D eigenvalue weighted by molar-refractivity contribution is 0.102. The number of anilines is 1. The smallest absolute Gasteiger partial charge is 0.128 e. The first-order valence-electron chi connectivity index (χ1n) is 6.15. The lowest BCUT2D eigenvalue weighted by Gasteiger charge is -2.35. The molecule has 1 aromatic heterocycles. The van der Waals surface area contributed by atoms with Crippen molar-refractivity contribution < 1.29 is 10.2 Å². The Hall–Kier alpha value is -1.13. The van der Waals surface area contributed by atoms with Gasteiger partial charge in [-0.3, -0.25) is 0 Å². The summed E-state index contributed by atoms with van der Waals surface area (Å²) in [4.78, 5) is 6.43. The van der Waals surface area contributed by atoms with E-state index in [0.29, 0.717) is 12.5 Å². The topological polar surface area (TPSA) is 56.6 Å². The van der Waals surface area contributed by atoms with Crippen LogP contribution in [0.25, 0.3) is 0 Å². The van der Waals surface area contributed by atoms with Gasteiger partial charge < -0.3 is 15.1 Å². The largest absolute Gasteiger partial charge is 0.391 e. The summed E-state index contributed by atoms with van der Waals surface area (Å²) in [6, 6.07) is 3.79. The Morgan fingerprint density at radius 2 is 2.24 bits per heavy atom. The predicted octanol–water partition coefficient (Wildman–Crippen LogP) is 1.34. The standard InChI is InChI=1S/C13H20N2O2/c1-9-5-6-15(8-12(9)17)13-4-3-11(7-14-13)10(2)16/h3-4,7,9-10,12,16-17H,5-6,8H2,1-2H3/t9?,10-,12?/m1/s1. The number of hydrogen-bond acceptors (Lipinski definition) is 4. The maximum absolute atomic E-state index is 9.84. The van der Waals surface area contributed by atoms with Crippen molar-refractivity contribution >= 4 is 5.82 Å². The van der Waals surface area contributed by atoms with Crippen LogP contribution >= 0.6 is 0 Å². The molecule has 4 nitrogen and oxygen atoms in total. The minimum atomic E-state index is -0.483. The van der Waals surface area contributed by atoms with Crippen LogP contribution in [0.4, 0.5) is 5.82 Å². The average Bonchev–Trinajstić information content (AvgIpc) is 2.33. The molecule has 1 aliphatic rings. The number of piperidine rings is 1. The number of nitrogens with zero attached hydrogens (tertiary/aromatic N) is 2. The summed E-state index contributed by atoms with van der Waals surface area (Å²) in [6.45, 7) is 5.37. The fourth-order valence-electron chi connectivity index (χ4n) is 2.09. The molecule has 2 rings (SSSR count). The number of aliphatic hydroxyl groups is 2. The van der Waals surface area contributed by atoms with Gasteiger partial charge in [0.1, 0.15) is 5.82 Å². The van der Waals surface area contributed by atoms with Crippen LogP contribution in [0.5, 0.6) is 0 Å². The molecule has 2 heterocycles. The molecule has 17 heavy (non-hydrogen) atoms. The summed E-state index contributed by atoms with van der Waals surface area (Å²) >= 11 is 0. The summed E-state index contributed by atoms with van der Waals surface area (Å²) in [5.41, 5.74) is 0.819. The van der Waals surface area contributed by atoms with Gasteiger partial charge in [-0.15, -0.1) is 0 Å². The Morgan fingerprint density at radius 1 is 1.47 bits per heavy atom. The third-order valence-electron chi connectivity index (χ3n) is 3.50. The molecule has 0 bridgehead atoms. The van der Waals surface area contributed by atoms with Crippen LogP contribution in [-0.2, 0) is 0 Å². The second kappa shape index (κ2) is 5.02. The van der Waals surface area contributed by atoms with Crippen LogP contribution in [-0.4, -0.2) is 34.4 Å². The van der Waals surface area contributed by atoms with E-state index >= 15 is 0 Å². The molecule has 1 fully saturated rings.